The molecule has 2 aromatic carbocycles. The van der Waals surface area contributed by atoms with E-state index in [1.807, 2.05) is 30.3 Å². The van der Waals surface area contributed by atoms with Crippen molar-refractivity contribution in [2.75, 3.05) is 7.05 Å². The van der Waals surface area contributed by atoms with Crippen LogP contribution in [0.25, 0.3) is 0 Å². The van der Waals surface area contributed by atoms with Crippen LogP contribution in [0.1, 0.15) is 37.8 Å². The molecule has 3 nitrogen and oxygen atoms in total. The van der Waals surface area contributed by atoms with E-state index in [2.05, 4.69) is 18.8 Å². The van der Waals surface area contributed by atoms with E-state index < -0.39 is 16.1 Å². The molecular weight excluding hydrogens is 318 g/mol. The summed E-state index contributed by atoms with van der Waals surface area (Å²) < 4.78 is 27.1. The Hall–Kier alpha value is -2.09. The van der Waals surface area contributed by atoms with Crippen LogP contribution in [0.5, 0.6) is 0 Å². The monoisotopic (exact) mass is 341 g/mol. The average Bonchev–Trinajstić information content (AvgIpc) is 2.63. The van der Waals surface area contributed by atoms with Gasteiger partial charge in [0.05, 0.1) is 4.90 Å². The van der Waals surface area contributed by atoms with Crippen LogP contribution >= 0.6 is 0 Å². The minimum Gasteiger partial charge on any atom is -0.207 e. The van der Waals surface area contributed by atoms with E-state index >= 15 is 0 Å². The van der Waals surface area contributed by atoms with Gasteiger partial charge in [-0.25, -0.2) is 8.42 Å². The van der Waals surface area contributed by atoms with Gasteiger partial charge in [0.15, 0.2) is 0 Å². The van der Waals surface area contributed by atoms with Crippen LogP contribution in [0.3, 0.4) is 0 Å². The number of benzene rings is 2. The molecule has 0 bridgehead atoms. The number of nitrogens with zero attached hydrogens (tertiary/aromatic N) is 1. The third-order valence-corrected chi connectivity index (χ3v) is 5.63. The lowest BCUT2D eigenvalue weighted by Gasteiger charge is -2.24. The van der Waals surface area contributed by atoms with Crippen LogP contribution in [-0.4, -0.2) is 19.8 Å². The highest BCUT2D eigenvalue weighted by molar-refractivity contribution is 7.89. The van der Waals surface area contributed by atoms with Gasteiger partial charge in [-0.2, -0.15) is 4.31 Å². The second-order valence-electron chi connectivity index (χ2n) is 5.57. The molecule has 0 saturated heterocycles. The summed E-state index contributed by atoms with van der Waals surface area (Å²) in [6.07, 6.45) is 2.87. The lowest BCUT2D eigenvalue weighted by atomic mass is 10.1. The average molecular weight is 341 g/mol. The van der Waals surface area contributed by atoms with Crippen LogP contribution < -0.4 is 0 Å². The van der Waals surface area contributed by atoms with Crippen LogP contribution in [-0.2, 0) is 10.0 Å². The maximum absolute atomic E-state index is 12.9. The van der Waals surface area contributed by atoms with E-state index in [4.69, 9.17) is 0 Å². The topological polar surface area (TPSA) is 37.4 Å². The minimum atomic E-state index is -3.60. The molecule has 0 radical (unpaired) electrons. The van der Waals surface area contributed by atoms with Crippen molar-refractivity contribution < 1.29 is 8.42 Å². The number of unbranched alkanes of at least 4 members (excludes halogenated alkanes) is 2. The number of hydrogen-bond acceptors (Lipinski definition) is 2. The molecule has 0 spiro atoms. The molecule has 2 rings (SSSR count). The summed E-state index contributed by atoms with van der Waals surface area (Å²) in [7, 11) is -2.01. The van der Waals surface area contributed by atoms with Crippen molar-refractivity contribution in [1.29, 1.82) is 0 Å². The standard InChI is InChI=1S/C20H23NO2S/c1-3-4-5-12-17-20(18-13-8-6-9-14-18)21(2)24(22,23)19-15-10-7-11-16-19/h6-11,13-16,20H,3-5H2,1-2H3. The smallest absolute Gasteiger partial charge is 0.207 e. The molecule has 4 heteroatoms. The van der Waals surface area contributed by atoms with Crippen molar-refractivity contribution in [3.8, 4) is 11.8 Å². The van der Waals surface area contributed by atoms with Crippen molar-refractivity contribution in [2.24, 2.45) is 0 Å². The predicted molar refractivity (Wildman–Crippen MR) is 97.9 cm³/mol. The summed E-state index contributed by atoms with van der Waals surface area (Å²) in [5.41, 5.74) is 0.878. The van der Waals surface area contributed by atoms with Crippen molar-refractivity contribution in [1.82, 2.24) is 4.31 Å². The van der Waals surface area contributed by atoms with Gasteiger partial charge in [0.1, 0.15) is 6.04 Å². The van der Waals surface area contributed by atoms with E-state index in [0.29, 0.717) is 0 Å². The molecule has 1 atom stereocenters. The molecule has 0 amide bonds. The van der Waals surface area contributed by atoms with E-state index in [9.17, 15) is 8.42 Å². The Balaban J connectivity index is 2.37. The summed E-state index contributed by atoms with van der Waals surface area (Å²) in [5, 5.41) is 0. The molecule has 0 saturated carbocycles. The summed E-state index contributed by atoms with van der Waals surface area (Å²) in [6.45, 7) is 2.11. The molecule has 0 aliphatic carbocycles. The minimum absolute atomic E-state index is 0.281. The van der Waals surface area contributed by atoms with Crippen molar-refractivity contribution >= 4 is 10.0 Å². The first-order chi connectivity index (χ1) is 11.6. The van der Waals surface area contributed by atoms with Crippen molar-refractivity contribution in [3.63, 3.8) is 0 Å². The highest BCUT2D eigenvalue weighted by atomic mass is 32.2. The quantitative estimate of drug-likeness (QED) is 0.582. The van der Waals surface area contributed by atoms with E-state index in [1.54, 1.807) is 37.4 Å². The molecule has 0 aliphatic heterocycles. The molecule has 0 heterocycles. The zero-order chi connectivity index (χ0) is 17.4. The second-order valence-corrected chi connectivity index (χ2v) is 7.57. The Morgan fingerprint density at radius 3 is 2.17 bits per heavy atom. The summed E-state index contributed by atoms with van der Waals surface area (Å²) >= 11 is 0. The van der Waals surface area contributed by atoms with Crippen LogP contribution in [0.2, 0.25) is 0 Å². The lowest BCUT2D eigenvalue weighted by Crippen LogP contribution is -2.30. The maximum atomic E-state index is 12.9. The zero-order valence-electron chi connectivity index (χ0n) is 14.1. The number of sulfonamides is 1. The number of rotatable bonds is 6. The first-order valence-electron chi connectivity index (χ1n) is 8.13. The maximum Gasteiger partial charge on any atom is 0.244 e. The Morgan fingerprint density at radius 1 is 1.00 bits per heavy atom. The van der Waals surface area contributed by atoms with E-state index in [-0.39, 0.29) is 4.90 Å². The molecule has 126 valence electrons. The highest BCUT2D eigenvalue weighted by Gasteiger charge is 2.27. The summed E-state index contributed by atoms with van der Waals surface area (Å²) in [5.74, 6) is 6.28. The van der Waals surface area contributed by atoms with Crippen LogP contribution in [0.15, 0.2) is 65.6 Å². The van der Waals surface area contributed by atoms with Crippen molar-refractivity contribution in [3.05, 3.63) is 66.2 Å². The van der Waals surface area contributed by atoms with Gasteiger partial charge in [0.2, 0.25) is 10.0 Å². The lowest BCUT2D eigenvalue weighted by molar-refractivity contribution is 0.434. The fourth-order valence-corrected chi connectivity index (χ4v) is 3.64. The molecule has 0 N–H and O–H groups in total. The molecular formula is C20H23NO2S. The van der Waals surface area contributed by atoms with E-state index in [0.717, 1.165) is 24.8 Å². The molecule has 0 aliphatic rings. The Bertz CT molecular complexity index is 790. The largest absolute Gasteiger partial charge is 0.244 e. The molecule has 1 unspecified atom stereocenters. The summed E-state index contributed by atoms with van der Waals surface area (Å²) in [6, 6.07) is 17.5. The van der Waals surface area contributed by atoms with Gasteiger partial charge in [0.25, 0.3) is 0 Å². The van der Waals surface area contributed by atoms with Gasteiger partial charge >= 0.3 is 0 Å². The van der Waals surface area contributed by atoms with Crippen molar-refractivity contribution in [2.45, 2.75) is 37.1 Å². The first-order valence-corrected chi connectivity index (χ1v) is 9.57. The summed E-state index contributed by atoms with van der Waals surface area (Å²) in [4.78, 5) is 0.281. The van der Waals surface area contributed by atoms with E-state index in [1.165, 1.54) is 4.31 Å². The Kier molecular flexibility index (Phi) is 6.60. The normalized spacial score (nSPS) is 12.5. The van der Waals surface area contributed by atoms with Crippen LogP contribution in [0, 0.1) is 11.8 Å². The second kappa shape index (κ2) is 8.68. The fraction of sp³-hybridized carbons (Fsp3) is 0.300. The fourth-order valence-electron chi connectivity index (χ4n) is 2.35. The van der Waals surface area contributed by atoms with Gasteiger partial charge in [-0.05, 0) is 24.1 Å². The number of hydrogen-bond donors (Lipinski definition) is 0. The van der Waals surface area contributed by atoms with Gasteiger partial charge in [0, 0.05) is 13.5 Å². The molecule has 24 heavy (non-hydrogen) atoms. The Labute approximate surface area is 145 Å². The SMILES string of the molecule is CCCCC#CC(c1ccccc1)N(C)S(=O)(=O)c1ccccc1. The molecule has 0 fully saturated rings. The first kappa shape index (κ1) is 18.3. The molecule has 0 aromatic heterocycles. The third kappa shape index (κ3) is 4.47. The highest BCUT2D eigenvalue weighted by Crippen LogP contribution is 2.25. The van der Waals surface area contributed by atoms with Crippen LogP contribution in [0.4, 0.5) is 0 Å². The van der Waals surface area contributed by atoms with Gasteiger partial charge in [-0.15, -0.1) is 5.92 Å². The van der Waals surface area contributed by atoms with Gasteiger partial charge in [-0.3, -0.25) is 0 Å². The molecule has 2 aromatic rings. The Morgan fingerprint density at radius 2 is 1.58 bits per heavy atom. The van der Waals surface area contributed by atoms with Gasteiger partial charge in [-0.1, -0.05) is 67.8 Å². The third-order valence-electron chi connectivity index (χ3n) is 3.79. The predicted octanol–water partition coefficient (Wildman–Crippen LogP) is 4.24. The van der Waals surface area contributed by atoms with Gasteiger partial charge < -0.3 is 0 Å². The zero-order valence-corrected chi connectivity index (χ0v) is 15.0.